The summed E-state index contributed by atoms with van der Waals surface area (Å²) in [6, 6.07) is 1.88. The van der Waals surface area contributed by atoms with E-state index in [1.165, 1.54) is 7.11 Å². The lowest BCUT2D eigenvalue weighted by atomic mass is 9.99. The van der Waals surface area contributed by atoms with E-state index >= 15 is 0 Å². The van der Waals surface area contributed by atoms with Crippen molar-refractivity contribution in [2.45, 2.75) is 6.92 Å². The van der Waals surface area contributed by atoms with Crippen LogP contribution in [-0.4, -0.2) is 37.0 Å². The molecule has 18 heavy (non-hydrogen) atoms. The predicted molar refractivity (Wildman–Crippen MR) is 77.6 cm³/mol. The Hall–Kier alpha value is -0.630. The van der Waals surface area contributed by atoms with Gasteiger partial charge in [0.1, 0.15) is 0 Å². The number of carbonyl (C=O) groups excluding carboxylic acids is 2. The van der Waals surface area contributed by atoms with Crippen molar-refractivity contribution in [2.24, 2.45) is 11.8 Å². The number of rotatable bonds is 2. The van der Waals surface area contributed by atoms with Gasteiger partial charge in [0, 0.05) is 18.5 Å². The van der Waals surface area contributed by atoms with Crippen LogP contribution >= 0.6 is 33.9 Å². The second-order valence-corrected chi connectivity index (χ2v) is 7.26. The average molecular weight is 379 g/mol. The van der Waals surface area contributed by atoms with Gasteiger partial charge in [0.2, 0.25) is 0 Å². The summed E-state index contributed by atoms with van der Waals surface area (Å²) in [5.41, 5.74) is 0.710. The van der Waals surface area contributed by atoms with E-state index < -0.39 is 0 Å². The zero-order valence-corrected chi connectivity index (χ0v) is 13.2. The van der Waals surface area contributed by atoms with Gasteiger partial charge < -0.3 is 9.64 Å². The number of likely N-dealkylation sites (tertiary alicyclic amines) is 1. The van der Waals surface area contributed by atoms with Crippen molar-refractivity contribution in [1.82, 2.24) is 4.90 Å². The normalized spacial score (nSPS) is 23.2. The van der Waals surface area contributed by atoms with Gasteiger partial charge in [-0.1, -0.05) is 6.92 Å². The van der Waals surface area contributed by atoms with Crippen LogP contribution in [0.2, 0.25) is 0 Å². The summed E-state index contributed by atoms with van der Waals surface area (Å²) in [6.07, 6.45) is 0. The molecule has 0 radical (unpaired) electrons. The Kier molecular flexibility index (Phi) is 4.26. The van der Waals surface area contributed by atoms with E-state index in [1.54, 1.807) is 16.2 Å². The quantitative estimate of drug-likeness (QED) is 0.585. The van der Waals surface area contributed by atoms with Gasteiger partial charge in [-0.05, 0) is 34.6 Å². The first kappa shape index (κ1) is 13.8. The van der Waals surface area contributed by atoms with Gasteiger partial charge in [-0.2, -0.15) is 0 Å². The minimum atomic E-state index is -0.224. The lowest BCUT2D eigenvalue weighted by Crippen LogP contribution is -2.29. The van der Waals surface area contributed by atoms with E-state index in [9.17, 15) is 9.59 Å². The second-order valence-electron chi connectivity index (χ2n) is 4.46. The van der Waals surface area contributed by atoms with Crippen LogP contribution in [0.15, 0.2) is 11.4 Å². The number of hydrogen-bond acceptors (Lipinski definition) is 4. The molecule has 2 atom stereocenters. The molecular weight excluding hydrogens is 365 g/mol. The first-order valence-electron chi connectivity index (χ1n) is 5.64. The molecule has 2 rings (SSSR count). The zero-order chi connectivity index (χ0) is 13.3. The van der Waals surface area contributed by atoms with Crippen LogP contribution < -0.4 is 0 Å². The van der Waals surface area contributed by atoms with E-state index in [2.05, 4.69) is 22.6 Å². The molecule has 0 aromatic carbocycles. The van der Waals surface area contributed by atoms with Gasteiger partial charge in [-0.15, -0.1) is 11.3 Å². The first-order chi connectivity index (χ1) is 8.52. The molecule has 1 aromatic rings. The zero-order valence-electron chi connectivity index (χ0n) is 10.2. The summed E-state index contributed by atoms with van der Waals surface area (Å²) in [5.74, 6) is -0.263. The van der Waals surface area contributed by atoms with Crippen LogP contribution in [0.5, 0.6) is 0 Å². The highest BCUT2D eigenvalue weighted by atomic mass is 127. The van der Waals surface area contributed by atoms with E-state index in [0.29, 0.717) is 18.7 Å². The molecule has 0 saturated carbocycles. The highest BCUT2D eigenvalue weighted by Gasteiger charge is 2.37. The lowest BCUT2D eigenvalue weighted by Gasteiger charge is -2.14. The van der Waals surface area contributed by atoms with Gasteiger partial charge in [0.25, 0.3) is 5.91 Å². The lowest BCUT2D eigenvalue weighted by molar-refractivity contribution is -0.146. The molecule has 1 saturated heterocycles. The van der Waals surface area contributed by atoms with Crippen LogP contribution in [-0.2, 0) is 9.53 Å². The smallest absolute Gasteiger partial charge is 0.310 e. The molecule has 1 aliphatic heterocycles. The Bertz CT molecular complexity index is 474. The SMILES string of the molecule is COC(=O)C1CN(C(=O)c2csc(I)c2)CC1C. The number of nitrogens with zero attached hydrogens (tertiary/aromatic N) is 1. The van der Waals surface area contributed by atoms with Crippen LogP contribution in [0.4, 0.5) is 0 Å². The molecule has 0 spiro atoms. The molecule has 4 nitrogen and oxygen atoms in total. The Morgan fingerprint density at radius 1 is 1.50 bits per heavy atom. The second kappa shape index (κ2) is 5.56. The first-order valence-corrected chi connectivity index (χ1v) is 7.60. The molecule has 2 unspecified atom stereocenters. The van der Waals surface area contributed by atoms with Crippen molar-refractivity contribution in [3.8, 4) is 0 Å². The fourth-order valence-corrected chi connectivity index (χ4v) is 3.52. The summed E-state index contributed by atoms with van der Waals surface area (Å²) in [5, 5.41) is 1.86. The van der Waals surface area contributed by atoms with Crippen molar-refractivity contribution in [1.29, 1.82) is 0 Å². The molecule has 6 heteroatoms. The molecule has 0 N–H and O–H groups in total. The Labute approximate surface area is 123 Å². The van der Waals surface area contributed by atoms with Crippen LogP contribution in [0, 0.1) is 14.7 Å². The number of thiophene rings is 1. The fraction of sp³-hybridized carbons (Fsp3) is 0.500. The molecular formula is C12H14INO3S. The Morgan fingerprint density at radius 2 is 2.22 bits per heavy atom. The van der Waals surface area contributed by atoms with Crippen molar-refractivity contribution in [2.75, 3.05) is 20.2 Å². The molecule has 1 fully saturated rings. The predicted octanol–water partition coefficient (Wildman–Crippen LogP) is 2.23. The number of methoxy groups -OCH3 is 1. The molecule has 0 aliphatic carbocycles. The Morgan fingerprint density at radius 3 is 2.78 bits per heavy atom. The summed E-state index contributed by atoms with van der Waals surface area (Å²) < 4.78 is 5.86. The van der Waals surface area contributed by atoms with Gasteiger partial charge in [0.15, 0.2) is 0 Å². The standard InChI is InChI=1S/C12H14INO3S/c1-7-4-14(5-9(7)12(16)17-2)11(15)8-3-10(13)18-6-8/h3,6-7,9H,4-5H2,1-2H3. The monoisotopic (exact) mass is 379 g/mol. The van der Waals surface area contributed by atoms with Crippen LogP contribution in [0.3, 0.4) is 0 Å². The van der Waals surface area contributed by atoms with Crippen LogP contribution in [0.25, 0.3) is 0 Å². The average Bonchev–Trinajstić information content (AvgIpc) is 2.94. The highest BCUT2D eigenvalue weighted by Crippen LogP contribution is 2.26. The number of hydrogen-bond donors (Lipinski definition) is 0. The third-order valence-corrected chi connectivity index (χ3v) is 5.01. The van der Waals surface area contributed by atoms with Gasteiger partial charge in [-0.25, -0.2) is 0 Å². The van der Waals surface area contributed by atoms with Gasteiger partial charge >= 0.3 is 5.97 Å². The highest BCUT2D eigenvalue weighted by molar-refractivity contribution is 14.1. The summed E-state index contributed by atoms with van der Waals surface area (Å²) in [6.45, 7) is 3.05. The minimum Gasteiger partial charge on any atom is -0.469 e. The molecule has 2 heterocycles. The summed E-state index contributed by atoms with van der Waals surface area (Å²) in [7, 11) is 1.39. The maximum Gasteiger partial charge on any atom is 0.310 e. The van der Waals surface area contributed by atoms with Crippen molar-refractivity contribution < 1.29 is 14.3 Å². The van der Waals surface area contributed by atoms with Crippen molar-refractivity contribution in [3.63, 3.8) is 0 Å². The number of esters is 1. The molecule has 1 aliphatic rings. The van der Waals surface area contributed by atoms with Crippen LogP contribution in [0.1, 0.15) is 17.3 Å². The molecule has 1 aromatic heterocycles. The third-order valence-electron chi connectivity index (χ3n) is 3.22. The topological polar surface area (TPSA) is 46.6 Å². The molecule has 98 valence electrons. The van der Waals surface area contributed by atoms with E-state index in [1.807, 2.05) is 18.4 Å². The molecule has 0 bridgehead atoms. The number of amides is 1. The van der Waals surface area contributed by atoms with E-state index in [4.69, 9.17) is 4.74 Å². The number of halogens is 1. The number of ether oxygens (including phenoxy) is 1. The third kappa shape index (κ3) is 2.69. The maximum absolute atomic E-state index is 12.2. The largest absolute Gasteiger partial charge is 0.469 e. The van der Waals surface area contributed by atoms with E-state index in [0.717, 1.165) is 2.88 Å². The van der Waals surface area contributed by atoms with Crippen molar-refractivity contribution >= 4 is 45.8 Å². The van der Waals surface area contributed by atoms with E-state index in [-0.39, 0.29) is 23.7 Å². The Balaban J connectivity index is 2.08. The summed E-state index contributed by atoms with van der Waals surface area (Å²) in [4.78, 5) is 25.6. The minimum absolute atomic E-state index is 0.00687. The van der Waals surface area contributed by atoms with Gasteiger partial charge in [-0.3, -0.25) is 9.59 Å². The fourth-order valence-electron chi connectivity index (χ4n) is 2.20. The molecule has 1 amide bonds. The van der Waals surface area contributed by atoms with Gasteiger partial charge in [0.05, 0.1) is 21.5 Å². The number of carbonyl (C=O) groups is 2. The van der Waals surface area contributed by atoms with Crippen molar-refractivity contribution in [3.05, 3.63) is 19.9 Å². The maximum atomic E-state index is 12.2. The summed E-state index contributed by atoms with van der Waals surface area (Å²) >= 11 is 3.75.